The molecule has 2 aromatic heterocycles. The Morgan fingerprint density at radius 3 is 2.88 bits per heavy atom. The van der Waals surface area contributed by atoms with Gasteiger partial charge in [0.2, 0.25) is 5.06 Å². The topological polar surface area (TPSA) is 82.6 Å². The molecule has 5 rings (SSSR count). The summed E-state index contributed by atoms with van der Waals surface area (Å²) in [6, 6.07) is 19.4. The summed E-state index contributed by atoms with van der Waals surface area (Å²) in [5.41, 5.74) is 3.09. The first-order valence-electron chi connectivity index (χ1n) is 10.7. The van der Waals surface area contributed by atoms with Crippen LogP contribution >= 0.6 is 22.9 Å². The SMILES string of the molecule is O=C(NCc1ccnc(Cl)c1)Oc1cnc(Oc2ccc3c(c2)CCC(c2ccccc2)O3)s1. The normalized spacial score (nSPS) is 14.6. The van der Waals surface area contributed by atoms with Crippen molar-refractivity contribution in [3.8, 4) is 21.8 Å². The highest BCUT2D eigenvalue weighted by Crippen LogP contribution is 2.38. The minimum atomic E-state index is -0.595. The predicted molar refractivity (Wildman–Crippen MR) is 129 cm³/mol. The zero-order valence-electron chi connectivity index (χ0n) is 17.9. The maximum Gasteiger partial charge on any atom is 0.413 e. The number of thiazole rings is 1. The number of aryl methyl sites for hydroxylation is 1. The lowest BCUT2D eigenvalue weighted by atomic mass is 9.97. The summed E-state index contributed by atoms with van der Waals surface area (Å²) in [6.45, 7) is 0.269. The van der Waals surface area contributed by atoms with E-state index in [1.807, 2.05) is 36.4 Å². The Morgan fingerprint density at radius 1 is 1.15 bits per heavy atom. The van der Waals surface area contributed by atoms with Crippen molar-refractivity contribution in [1.82, 2.24) is 15.3 Å². The number of amides is 1. The number of ether oxygens (including phenoxy) is 3. The van der Waals surface area contributed by atoms with E-state index in [2.05, 4.69) is 27.4 Å². The van der Waals surface area contributed by atoms with E-state index in [4.69, 9.17) is 25.8 Å². The zero-order valence-corrected chi connectivity index (χ0v) is 19.5. The number of carbonyl (C=O) groups is 1. The molecule has 1 aliphatic rings. The van der Waals surface area contributed by atoms with Crippen LogP contribution in [0.25, 0.3) is 0 Å². The summed E-state index contributed by atoms with van der Waals surface area (Å²) < 4.78 is 17.4. The first kappa shape index (κ1) is 22.2. The van der Waals surface area contributed by atoms with E-state index in [1.165, 1.54) is 11.8 Å². The largest absolute Gasteiger partial charge is 0.485 e. The second kappa shape index (κ2) is 10.1. The van der Waals surface area contributed by atoms with Crippen molar-refractivity contribution < 1.29 is 19.0 Å². The molecule has 9 heteroatoms. The van der Waals surface area contributed by atoms with Gasteiger partial charge in [0.05, 0.1) is 6.20 Å². The zero-order chi connectivity index (χ0) is 23.3. The summed E-state index contributed by atoms with van der Waals surface area (Å²) >= 11 is 6.98. The lowest BCUT2D eigenvalue weighted by molar-refractivity contribution is 0.176. The van der Waals surface area contributed by atoms with E-state index in [0.29, 0.717) is 21.2 Å². The smallest absolute Gasteiger partial charge is 0.413 e. The minimum Gasteiger partial charge on any atom is -0.485 e. The van der Waals surface area contributed by atoms with Crippen molar-refractivity contribution in [2.45, 2.75) is 25.5 Å². The van der Waals surface area contributed by atoms with Gasteiger partial charge in [-0.05, 0) is 71.2 Å². The number of rotatable bonds is 6. The van der Waals surface area contributed by atoms with Crippen LogP contribution in [0.5, 0.6) is 21.8 Å². The molecule has 1 aliphatic heterocycles. The van der Waals surface area contributed by atoms with Crippen LogP contribution in [-0.4, -0.2) is 16.1 Å². The number of nitrogens with zero attached hydrogens (tertiary/aromatic N) is 2. The first-order valence-corrected chi connectivity index (χ1v) is 11.9. The van der Waals surface area contributed by atoms with E-state index in [0.717, 1.165) is 41.1 Å². The van der Waals surface area contributed by atoms with E-state index in [-0.39, 0.29) is 12.6 Å². The lowest BCUT2D eigenvalue weighted by Gasteiger charge is -2.26. The molecule has 1 unspecified atom stereocenters. The number of fused-ring (bicyclic) bond motifs is 1. The van der Waals surface area contributed by atoms with Gasteiger partial charge < -0.3 is 19.5 Å². The Labute approximate surface area is 205 Å². The molecule has 2 aromatic carbocycles. The van der Waals surface area contributed by atoms with Gasteiger partial charge in [-0.25, -0.2) is 14.8 Å². The van der Waals surface area contributed by atoms with Gasteiger partial charge in [0.1, 0.15) is 22.8 Å². The number of benzene rings is 2. The monoisotopic (exact) mass is 493 g/mol. The molecule has 0 saturated heterocycles. The number of hydrogen-bond donors (Lipinski definition) is 1. The third-order valence-electron chi connectivity index (χ3n) is 5.24. The molecule has 7 nitrogen and oxygen atoms in total. The molecule has 0 bridgehead atoms. The van der Waals surface area contributed by atoms with Crippen LogP contribution in [0, 0.1) is 0 Å². The highest BCUT2D eigenvalue weighted by Gasteiger charge is 2.22. The Bertz CT molecular complexity index is 1300. The van der Waals surface area contributed by atoms with Crippen molar-refractivity contribution in [3.05, 3.63) is 94.9 Å². The van der Waals surface area contributed by atoms with E-state index in [1.54, 1.807) is 18.3 Å². The number of carbonyl (C=O) groups excluding carboxylic acids is 1. The molecule has 4 aromatic rings. The number of aromatic nitrogens is 2. The van der Waals surface area contributed by atoms with Crippen LogP contribution in [0.3, 0.4) is 0 Å². The van der Waals surface area contributed by atoms with Gasteiger partial charge in [-0.15, -0.1) is 0 Å². The van der Waals surface area contributed by atoms with Crippen molar-refractivity contribution in [3.63, 3.8) is 0 Å². The van der Waals surface area contributed by atoms with Crippen LogP contribution in [0.15, 0.2) is 73.1 Å². The van der Waals surface area contributed by atoms with Gasteiger partial charge in [-0.1, -0.05) is 41.9 Å². The fourth-order valence-electron chi connectivity index (χ4n) is 3.62. The quantitative estimate of drug-likeness (QED) is 0.316. The number of halogens is 1. The van der Waals surface area contributed by atoms with Crippen molar-refractivity contribution in [2.75, 3.05) is 0 Å². The third-order valence-corrected chi connectivity index (χ3v) is 6.20. The van der Waals surface area contributed by atoms with E-state index >= 15 is 0 Å². The van der Waals surface area contributed by atoms with Gasteiger partial charge in [-0.3, -0.25) is 0 Å². The standard InChI is InChI=1S/C25H20ClN3O4S/c26-22-12-16(10-11-27-22)14-28-24(30)33-23-15-29-25(34-23)31-19-7-9-21-18(13-19)6-8-20(32-21)17-4-2-1-3-5-17/h1-5,7,9-13,15,20H,6,8,14H2,(H,28,30). The Kier molecular flexibility index (Phi) is 6.60. The molecular weight excluding hydrogens is 474 g/mol. The fourth-order valence-corrected chi connectivity index (χ4v) is 4.46. The van der Waals surface area contributed by atoms with Crippen LogP contribution in [0.4, 0.5) is 4.79 Å². The number of pyridine rings is 1. The van der Waals surface area contributed by atoms with Crippen molar-refractivity contribution >= 4 is 29.0 Å². The molecule has 0 spiro atoms. The van der Waals surface area contributed by atoms with Gasteiger partial charge in [-0.2, -0.15) is 0 Å². The highest BCUT2D eigenvalue weighted by atomic mass is 35.5. The molecule has 1 atom stereocenters. The summed E-state index contributed by atoms with van der Waals surface area (Å²) in [4.78, 5) is 20.2. The van der Waals surface area contributed by atoms with Crippen LogP contribution in [-0.2, 0) is 13.0 Å². The third kappa shape index (κ3) is 5.47. The molecule has 3 heterocycles. The van der Waals surface area contributed by atoms with Crippen LogP contribution < -0.4 is 19.5 Å². The summed E-state index contributed by atoms with van der Waals surface area (Å²) in [5.74, 6) is 1.52. The fraction of sp³-hybridized carbons (Fsp3) is 0.160. The summed E-state index contributed by atoms with van der Waals surface area (Å²) in [7, 11) is 0. The highest BCUT2D eigenvalue weighted by molar-refractivity contribution is 7.15. The number of hydrogen-bond acceptors (Lipinski definition) is 7. The lowest BCUT2D eigenvalue weighted by Crippen LogP contribution is -2.25. The molecule has 0 radical (unpaired) electrons. The van der Waals surface area contributed by atoms with E-state index < -0.39 is 6.09 Å². The molecule has 34 heavy (non-hydrogen) atoms. The molecule has 0 aliphatic carbocycles. The van der Waals surface area contributed by atoms with Crippen molar-refractivity contribution in [2.24, 2.45) is 0 Å². The average Bonchev–Trinajstić information content (AvgIpc) is 3.29. The Hall–Kier alpha value is -3.62. The maximum atomic E-state index is 12.1. The minimum absolute atomic E-state index is 0.0563. The second-order valence-corrected chi connectivity index (χ2v) is 8.95. The molecule has 172 valence electrons. The summed E-state index contributed by atoms with van der Waals surface area (Å²) in [5, 5.41) is 3.73. The Balaban J connectivity index is 1.16. The molecule has 0 saturated carbocycles. The maximum absolute atomic E-state index is 12.1. The molecule has 0 fully saturated rings. The number of nitrogens with one attached hydrogen (secondary N) is 1. The van der Waals surface area contributed by atoms with Gasteiger partial charge in [0.15, 0.2) is 0 Å². The molecule has 1 N–H and O–H groups in total. The predicted octanol–water partition coefficient (Wildman–Crippen LogP) is 6.34. The van der Waals surface area contributed by atoms with Gasteiger partial charge in [0, 0.05) is 12.7 Å². The summed E-state index contributed by atoms with van der Waals surface area (Å²) in [6.07, 6.45) is 4.28. The Morgan fingerprint density at radius 2 is 2.03 bits per heavy atom. The van der Waals surface area contributed by atoms with E-state index in [9.17, 15) is 4.79 Å². The van der Waals surface area contributed by atoms with Gasteiger partial charge >= 0.3 is 6.09 Å². The second-order valence-electron chi connectivity index (χ2n) is 7.60. The molecule has 1 amide bonds. The van der Waals surface area contributed by atoms with Gasteiger partial charge in [0.25, 0.3) is 5.19 Å². The molecular formula is C25H20ClN3O4S. The van der Waals surface area contributed by atoms with Crippen LogP contribution in [0.1, 0.15) is 29.2 Å². The van der Waals surface area contributed by atoms with Crippen molar-refractivity contribution in [1.29, 1.82) is 0 Å². The average molecular weight is 494 g/mol. The first-order chi connectivity index (χ1) is 16.6. The van der Waals surface area contributed by atoms with Crippen LogP contribution in [0.2, 0.25) is 5.15 Å².